The molecule has 0 aromatic heterocycles. The molecular weight excluding hydrogens is 500 g/mol. The highest BCUT2D eigenvalue weighted by Crippen LogP contribution is 2.36. The Labute approximate surface area is 219 Å². The predicted molar refractivity (Wildman–Crippen MR) is 136 cm³/mol. The van der Waals surface area contributed by atoms with Crippen LogP contribution in [-0.4, -0.2) is 30.4 Å². The predicted octanol–water partition coefficient (Wildman–Crippen LogP) is 6.16. The SMILES string of the molecule is COC(=O)C1c2ccc(OCc3c(F)ccc(Cl)c3F)cc2CCN1C(=O)CC(C)(C)c1ccccc1. The molecule has 8 heteroatoms. The highest BCUT2D eigenvalue weighted by atomic mass is 35.5. The molecule has 0 N–H and O–H groups in total. The van der Waals surface area contributed by atoms with E-state index in [4.69, 9.17) is 21.1 Å². The number of fused-ring (bicyclic) bond motifs is 1. The van der Waals surface area contributed by atoms with Crippen LogP contribution in [0.2, 0.25) is 5.02 Å². The maximum absolute atomic E-state index is 14.2. The molecule has 37 heavy (non-hydrogen) atoms. The van der Waals surface area contributed by atoms with Gasteiger partial charge in [-0.3, -0.25) is 4.79 Å². The van der Waals surface area contributed by atoms with E-state index in [1.54, 1.807) is 23.1 Å². The highest BCUT2D eigenvalue weighted by molar-refractivity contribution is 6.30. The molecule has 0 radical (unpaired) electrons. The van der Waals surface area contributed by atoms with Crippen molar-refractivity contribution in [3.05, 3.63) is 99.6 Å². The fourth-order valence-corrected chi connectivity index (χ4v) is 4.83. The normalized spacial score (nSPS) is 15.2. The van der Waals surface area contributed by atoms with Gasteiger partial charge in [-0.25, -0.2) is 13.6 Å². The van der Waals surface area contributed by atoms with Crippen LogP contribution in [0, 0.1) is 11.6 Å². The third kappa shape index (κ3) is 5.62. The molecule has 1 amide bonds. The molecule has 4 rings (SSSR count). The van der Waals surface area contributed by atoms with Crippen LogP contribution in [0.15, 0.2) is 60.7 Å². The average Bonchev–Trinajstić information content (AvgIpc) is 2.89. The molecule has 0 saturated carbocycles. The number of nitrogens with zero attached hydrogens (tertiary/aromatic N) is 1. The minimum atomic E-state index is -0.898. The van der Waals surface area contributed by atoms with E-state index in [1.165, 1.54) is 7.11 Å². The largest absolute Gasteiger partial charge is 0.489 e. The van der Waals surface area contributed by atoms with Gasteiger partial charge in [0.25, 0.3) is 0 Å². The Balaban J connectivity index is 1.55. The van der Waals surface area contributed by atoms with Crippen molar-refractivity contribution in [3.63, 3.8) is 0 Å². The van der Waals surface area contributed by atoms with Crippen molar-refractivity contribution in [2.24, 2.45) is 0 Å². The van der Waals surface area contributed by atoms with Crippen LogP contribution in [0.4, 0.5) is 8.78 Å². The molecule has 0 spiro atoms. The molecule has 1 unspecified atom stereocenters. The van der Waals surface area contributed by atoms with Gasteiger partial charge in [-0.2, -0.15) is 0 Å². The van der Waals surface area contributed by atoms with Crippen LogP contribution in [0.1, 0.15) is 48.6 Å². The number of esters is 1. The topological polar surface area (TPSA) is 55.8 Å². The Morgan fingerprint density at radius 1 is 1.08 bits per heavy atom. The third-order valence-electron chi connectivity index (χ3n) is 6.76. The molecule has 5 nitrogen and oxygen atoms in total. The molecule has 1 aliphatic rings. The van der Waals surface area contributed by atoms with Crippen molar-refractivity contribution < 1.29 is 27.8 Å². The summed E-state index contributed by atoms with van der Waals surface area (Å²) in [7, 11) is 1.29. The lowest BCUT2D eigenvalue weighted by Crippen LogP contribution is -2.45. The van der Waals surface area contributed by atoms with Gasteiger partial charge in [0.1, 0.15) is 18.2 Å². The molecule has 1 aliphatic heterocycles. The lowest BCUT2D eigenvalue weighted by Gasteiger charge is -2.37. The van der Waals surface area contributed by atoms with E-state index in [1.807, 2.05) is 44.2 Å². The lowest BCUT2D eigenvalue weighted by molar-refractivity contribution is -0.154. The molecule has 0 bridgehead atoms. The Bertz CT molecular complexity index is 1310. The summed E-state index contributed by atoms with van der Waals surface area (Å²) in [5.41, 5.74) is 1.77. The maximum atomic E-state index is 14.2. The first-order valence-corrected chi connectivity index (χ1v) is 12.3. The zero-order valence-corrected chi connectivity index (χ0v) is 21.6. The van der Waals surface area contributed by atoms with Gasteiger partial charge >= 0.3 is 5.97 Å². The van der Waals surface area contributed by atoms with Gasteiger partial charge in [0.05, 0.1) is 17.7 Å². The fraction of sp³-hybridized carbons (Fsp3) is 0.310. The smallest absolute Gasteiger partial charge is 0.333 e. The van der Waals surface area contributed by atoms with E-state index in [-0.39, 0.29) is 29.5 Å². The Hall–Kier alpha value is -3.45. The molecule has 3 aromatic rings. The summed E-state index contributed by atoms with van der Waals surface area (Å²) in [6, 6.07) is 16.1. The molecule has 1 atom stereocenters. The minimum absolute atomic E-state index is 0.151. The van der Waals surface area contributed by atoms with Crippen molar-refractivity contribution >= 4 is 23.5 Å². The second-order valence-corrected chi connectivity index (χ2v) is 10.1. The number of ether oxygens (including phenoxy) is 2. The van der Waals surface area contributed by atoms with Crippen molar-refractivity contribution in [1.82, 2.24) is 4.90 Å². The first-order valence-electron chi connectivity index (χ1n) is 11.9. The molecule has 194 valence electrons. The van der Waals surface area contributed by atoms with E-state index in [0.717, 1.165) is 23.3 Å². The summed E-state index contributed by atoms with van der Waals surface area (Å²) >= 11 is 5.76. The first-order chi connectivity index (χ1) is 17.6. The van der Waals surface area contributed by atoms with Gasteiger partial charge in [-0.15, -0.1) is 0 Å². The Morgan fingerprint density at radius 2 is 1.81 bits per heavy atom. The van der Waals surface area contributed by atoms with E-state index < -0.39 is 29.1 Å². The molecule has 1 heterocycles. The molecule has 3 aromatic carbocycles. The minimum Gasteiger partial charge on any atom is -0.489 e. The van der Waals surface area contributed by atoms with Gasteiger partial charge in [-0.05, 0) is 52.8 Å². The zero-order chi connectivity index (χ0) is 26.7. The summed E-state index contributed by atoms with van der Waals surface area (Å²) in [6.45, 7) is 3.97. The van der Waals surface area contributed by atoms with E-state index in [0.29, 0.717) is 24.3 Å². The van der Waals surface area contributed by atoms with Crippen molar-refractivity contribution in [2.45, 2.75) is 44.8 Å². The van der Waals surface area contributed by atoms with Gasteiger partial charge in [0.2, 0.25) is 5.91 Å². The quantitative estimate of drug-likeness (QED) is 0.272. The van der Waals surface area contributed by atoms with E-state index >= 15 is 0 Å². The number of carbonyl (C=O) groups is 2. The van der Waals surface area contributed by atoms with Crippen molar-refractivity contribution in [1.29, 1.82) is 0 Å². The summed E-state index contributed by atoms with van der Waals surface area (Å²) in [4.78, 5) is 27.9. The van der Waals surface area contributed by atoms with Crippen LogP contribution < -0.4 is 4.74 Å². The molecule has 0 saturated heterocycles. The third-order valence-corrected chi connectivity index (χ3v) is 7.05. The summed E-state index contributed by atoms with van der Waals surface area (Å²) in [6.07, 6.45) is 0.704. The van der Waals surface area contributed by atoms with Crippen LogP contribution in [0.3, 0.4) is 0 Å². The van der Waals surface area contributed by atoms with Crippen LogP contribution in [0.25, 0.3) is 0 Å². The van der Waals surface area contributed by atoms with Crippen LogP contribution in [-0.2, 0) is 32.8 Å². The average molecular weight is 528 g/mol. The molecule has 0 fully saturated rings. The molecular formula is C29H28ClF2NO4. The van der Waals surface area contributed by atoms with Gasteiger partial charge < -0.3 is 14.4 Å². The highest BCUT2D eigenvalue weighted by Gasteiger charge is 2.38. The number of carbonyl (C=O) groups excluding carboxylic acids is 2. The van der Waals surface area contributed by atoms with Crippen molar-refractivity contribution in [3.8, 4) is 5.75 Å². The van der Waals surface area contributed by atoms with Crippen molar-refractivity contribution in [2.75, 3.05) is 13.7 Å². The van der Waals surface area contributed by atoms with Gasteiger partial charge in [0.15, 0.2) is 11.9 Å². The Kier molecular flexibility index (Phi) is 7.83. The number of benzene rings is 3. The van der Waals surface area contributed by atoms with E-state index in [9.17, 15) is 18.4 Å². The second-order valence-electron chi connectivity index (χ2n) is 9.66. The maximum Gasteiger partial charge on any atom is 0.333 e. The van der Waals surface area contributed by atoms with Crippen LogP contribution in [0.5, 0.6) is 5.75 Å². The zero-order valence-electron chi connectivity index (χ0n) is 20.9. The summed E-state index contributed by atoms with van der Waals surface area (Å²) in [5, 5.41) is -0.188. The lowest BCUT2D eigenvalue weighted by atomic mass is 9.80. The Morgan fingerprint density at radius 3 is 2.51 bits per heavy atom. The first kappa shape index (κ1) is 26.6. The van der Waals surface area contributed by atoms with Gasteiger partial charge in [-0.1, -0.05) is 61.8 Å². The molecule has 0 aliphatic carbocycles. The number of hydrogen-bond donors (Lipinski definition) is 0. The number of methoxy groups -OCH3 is 1. The number of halogens is 3. The fourth-order valence-electron chi connectivity index (χ4n) is 4.66. The second kappa shape index (κ2) is 10.9. The van der Waals surface area contributed by atoms with Gasteiger partial charge in [0, 0.05) is 13.0 Å². The summed E-state index contributed by atoms with van der Waals surface area (Å²) in [5.74, 6) is -1.92. The monoisotopic (exact) mass is 527 g/mol. The standard InChI is InChI=1S/C29H28ClF2NO4/c1-29(2,19-7-5-4-6-8-19)16-25(34)33-14-13-18-15-20(9-10-21(18)27(33)28(35)36-3)37-17-22-24(31)12-11-23(30)26(22)32/h4-12,15,27H,13-14,16-17H2,1-3H3. The number of hydrogen-bond acceptors (Lipinski definition) is 4. The summed E-state index contributed by atoms with van der Waals surface area (Å²) < 4.78 is 39.0. The van der Waals surface area contributed by atoms with Crippen LogP contribution >= 0.6 is 11.6 Å². The number of amides is 1. The number of rotatable bonds is 7. The van der Waals surface area contributed by atoms with E-state index in [2.05, 4.69) is 0 Å².